The summed E-state index contributed by atoms with van der Waals surface area (Å²) in [6, 6.07) is 6.66. The Kier molecular flexibility index (Phi) is 5.00. The van der Waals surface area contributed by atoms with E-state index in [9.17, 15) is 8.42 Å². The number of methoxy groups -OCH3 is 1. The van der Waals surface area contributed by atoms with E-state index in [-0.39, 0.29) is 4.90 Å². The van der Waals surface area contributed by atoms with E-state index < -0.39 is 15.6 Å². The molecule has 0 radical (unpaired) electrons. The van der Waals surface area contributed by atoms with Crippen LogP contribution in [0.15, 0.2) is 34.3 Å². The monoisotopic (exact) mass is 310 g/mol. The maximum Gasteiger partial charge on any atom is 0.276 e. The van der Waals surface area contributed by atoms with E-state index in [0.29, 0.717) is 0 Å². The van der Waals surface area contributed by atoms with Crippen molar-refractivity contribution in [3.05, 3.63) is 29.8 Å². The van der Waals surface area contributed by atoms with Crippen LogP contribution in [-0.4, -0.2) is 27.3 Å². The van der Waals surface area contributed by atoms with Gasteiger partial charge in [-0.25, -0.2) is 4.83 Å². The van der Waals surface area contributed by atoms with Crippen molar-refractivity contribution in [2.75, 3.05) is 7.11 Å². The second kappa shape index (κ2) is 6.58. The van der Waals surface area contributed by atoms with E-state index in [1.807, 2.05) is 6.92 Å². The topological polar surface area (TPSA) is 67.8 Å². The Labute approximate surface area is 126 Å². The highest BCUT2D eigenvalue weighted by molar-refractivity contribution is 7.89. The van der Waals surface area contributed by atoms with Gasteiger partial charge >= 0.3 is 0 Å². The van der Waals surface area contributed by atoms with E-state index in [1.54, 1.807) is 37.6 Å². The second-order valence-corrected chi connectivity index (χ2v) is 7.16. The summed E-state index contributed by atoms with van der Waals surface area (Å²) in [5.41, 5.74) is 0.576. The first kappa shape index (κ1) is 16.0. The Morgan fingerprint density at radius 1 is 1.19 bits per heavy atom. The Morgan fingerprint density at radius 2 is 1.81 bits per heavy atom. The van der Waals surface area contributed by atoms with Gasteiger partial charge in [0, 0.05) is 7.11 Å². The van der Waals surface area contributed by atoms with Gasteiger partial charge in [-0.15, -0.1) is 0 Å². The second-order valence-electron chi connectivity index (χ2n) is 5.50. The number of rotatable bonds is 5. The van der Waals surface area contributed by atoms with Crippen LogP contribution in [0.3, 0.4) is 0 Å². The summed E-state index contributed by atoms with van der Waals surface area (Å²) in [5.74, 6) is 0. The molecule has 116 valence electrons. The molecule has 2 rings (SSSR count). The minimum Gasteiger partial charge on any atom is -0.372 e. The summed E-state index contributed by atoms with van der Waals surface area (Å²) in [6.07, 6.45) is 6.68. The van der Waals surface area contributed by atoms with E-state index in [2.05, 4.69) is 9.93 Å². The van der Waals surface area contributed by atoms with Crippen molar-refractivity contribution in [1.29, 1.82) is 0 Å². The van der Waals surface area contributed by atoms with Crippen molar-refractivity contribution < 1.29 is 13.2 Å². The zero-order valence-corrected chi connectivity index (χ0v) is 13.3. The third-order valence-electron chi connectivity index (χ3n) is 3.91. The zero-order chi connectivity index (χ0) is 15.3. The first-order chi connectivity index (χ1) is 9.97. The predicted molar refractivity (Wildman–Crippen MR) is 82.8 cm³/mol. The molecule has 0 heterocycles. The molecule has 6 heteroatoms. The van der Waals surface area contributed by atoms with Gasteiger partial charge in [0.05, 0.1) is 11.1 Å². The molecule has 1 aliphatic rings. The van der Waals surface area contributed by atoms with Crippen molar-refractivity contribution in [2.24, 2.45) is 5.10 Å². The lowest BCUT2D eigenvalue weighted by molar-refractivity contribution is 0.0232. The molecule has 1 N–H and O–H groups in total. The third kappa shape index (κ3) is 4.04. The SMILES string of the molecule is COC1(/C=N\NS(=O)(=O)c2ccc(C)cc2)CCCCC1. The van der Waals surface area contributed by atoms with Crippen LogP contribution in [0.25, 0.3) is 0 Å². The molecule has 0 spiro atoms. The lowest BCUT2D eigenvalue weighted by atomic mass is 9.86. The number of ether oxygens (including phenoxy) is 1. The molecule has 0 unspecified atom stereocenters. The maximum atomic E-state index is 12.1. The van der Waals surface area contributed by atoms with E-state index in [1.165, 1.54) is 6.42 Å². The highest BCUT2D eigenvalue weighted by atomic mass is 32.2. The quantitative estimate of drug-likeness (QED) is 0.671. The van der Waals surface area contributed by atoms with Crippen molar-refractivity contribution in [1.82, 2.24) is 4.83 Å². The van der Waals surface area contributed by atoms with Gasteiger partial charge in [0.15, 0.2) is 0 Å². The van der Waals surface area contributed by atoms with Crippen LogP contribution in [0.5, 0.6) is 0 Å². The zero-order valence-electron chi connectivity index (χ0n) is 12.5. The molecule has 0 aromatic heterocycles. The molecule has 21 heavy (non-hydrogen) atoms. The molecule has 0 bridgehead atoms. The molecule has 1 aromatic rings. The molecule has 1 saturated carbocycles. The van der Waals surface area contributed by atoms with Crippen molar-refractivity contribution in [3.8, 4) is 0 Å². The Balaban J connectivity index is 2.06. The van der Waals surface area contributed by atoms with Crippen LogP contribution in [0, 0.1) is 6.92 Å². The number of hydrazone groups is 1. The van der Waals surface area contributed by atoms with Gasteiger partial charge in [0.2, 0.25) is 0 Å². The van der Waals surface area contributed by atoms with Crippen LogP contribution < -0.4 is 4.83 Å². The number of nitrogens with one attached hydrogen (secondary N) is 1. The maximum absolute atomic E-state index is 12.1. The number of sulfonamides is 1. The first-order valence-corrected chi connectivity index (χ1v) is 8.64. The Hall–Kier alpha value is -1.40. The fraction of sp³-hybridized carbons (Fsp3) is 0.533. The van der Waals surface area contributed by atoms with Crippen molar-refractivity contribution in [2.45, 2.75) is 49.5 Å². The molecule has 1 aromatic carbocycles. The first-order valence-electron chi connectivity index (χ1n) is 7.15. The van der Waals surface area contributed by atoms with Gasteiger partial charge in [0.25, 0.3) is 10.0 Å². The fourth-order valence-corrected chi connectivity index (χ4v) is 3.31. The highest BCUT2D eigenvalue weighted by Crippen LogP contribution is 2.29. The van der Waals surface area contributed by atoms with Gasteiger partial charge in [-0.1, -0.05) is 37.0 Å². The minimum atomic E-state index is -3.62. The fourth-order valence-electron chi connectivity index (χ4n) is 2.52. The summed E-state index contributed by atoms with van der Waals surface area (Å²) in [6.45, 7) is 1.91. The van der Waals surface area contributed by atoms with E-state index in [4.69, 9.17) is 4.74 Å². The number of nitrogens with zero attached hydrogens (tertiary/aromatic N) is 1. The molecule has 0 aliphatic heterocycles. The molecule has 1 fully saturated rings. The average Bonchev–Trinajstić information content (AvgIpc) is 2.48. The highest BCUT2D eigenvalue weighted by Gasteiger charge is 2.30. The van der Waals surface area contributed by atoms with Crippen LogP contribution in [0.2, 0.25) is 0 Å². The summed E-state index contributed by atoms with van der Waals surface area (Å²) in [4.78, 5) is 2.47. The van der Waals surface area contributed by atoms with E-state index >= 15 is 0 Å². The molecule has 0 saturated heterocycles. The summed E-state index contributed by atoms with van der Waals surface area (Å²) >= 11 is 0. The normalized spacial score (nSPS) is 18.8. The van der Waals surface area contributed by atoms with Crippen LogP contribution in [-0.2, 0) is 14.8 Å². The standard InChI is InChI=1S/C15H22N2O3S/c1-13-6-8-14(9-7-13)21(18,19)17-16-12-15(20-2)10-4-3-5-11-15/h6-9,12,17H,3-5,10-11H2,1-2H3/b16-12-. The van der Waals surface area contributed by atoms with Gasteiger partial charge in [-0.05, 0) is 31.9 Å². The van der Waals surface area contributed by atoms with Gasteiger partial charge in [0.1, 0.15) is 5.60 Å². The van der Waals surface area contributed by atoms with Crippen molar-refractivity contribution >= 4 is 16.2 Å². The van der Waals surface area contributed by atoms with Gasteiger partial charge < -0.3 is 4.74 Å². The summed E-state index contributed by atoms with van der Waals surface area (Å²) in [7, 11) is -1.97. The van der Waals surface area contributed by atoms with Crippen molar-refractivity contribution in [3.63, 3.8) is 0 Å². The third-order valence-corrected chi connectivity index (χ3v) is 5.15. The number of benzene rings is 1. The molecule has 1 aliphatic carbocycles. The van der Waals surface area contributed by atoms with Crippen LogP contribution >= 0.6 is 0 Å². The number of aryl methyl sites for hydroxylation is 1. The minimum absolute atomic E-state index is 0.209. The molecule has 5 nitrogen and oxygen atoms in total. The largest absolute Gasteiger partial charge is 0.372 e. The molecule has 0 amide bonds. The van der Waals surface area contributed by atoms with E-state index in [0.717, 1.165) is 31.2 Å². The predicted octanol–water partition coefficient (Wildman–Crippen LogP) is 2.61. The summed E-state index contributed by atoms with van der Waals surface area (Å²) in [5, 5.41) is 3.92. The van der Waals surface area contributed by atoms with Crippen LogP contribution in [0.1, 0.15) is 37.7 Å². The number of hydrogen-bond donors (Lipinski definition) is 1. The molecule has 0 atom stereocenters. The lowest BCUT2D eigenvalue weighted by Gasteiger charge is -2.32. The molecular formula is C15H22N2O3S. The molecular weight excluding hydrogens is 288 g/mol. The Bertz CT molecular complexity index is 588. The summed E-state index contributed by atoms with van der Waals surface area (Å²) < 4.78 is 29.8. The van der Waals surface area contributed by atoms with Gasteiger partial charge in [-0.3, -0.25) is 0 Å². The smallest absolute Gasteiger partial charge is 0.276 e. The Morgan fingerprint density at radius 3 is 2.38 bits per heavy atom. The number of hydrogen-bond acceptors (Lipinski definition) is 4. The van der Waals surface area contributed by atoms with Gasteiger partial charge in [-0.2, -0.15) is 13.5 Å². The van der Waals surface area contributed by atoms with Crippen LogP contribution in [0.4, 0.5) is 0 Å². The average molecular weight is 310 g/mol. The lowest BCUT2D eigenvalue weighted by Crippen LogP contribution is -2.36.